The number of hydrogen-bond donors (Lipinski definition) is 2. The molecular weight excluding hydrogens is 510 g/mol. The van der Waals surface area contributed by atoms with Crippen LogP contribution < -0.4 is 20.3 Å². The van der Waals surface area contributed by atoms with Crippen LogP contribution >= 0.6 is 11.8 Å². The third-order valence-electron chi connectivity index (χ3n) is 6.37. The molecule has 39 heavy (non-hydrogen) atoms. The molecule has 1 fully saturated rings. The molecule has 4 amide bonds. The summed E-state index contributed by atoms with van der Waals surface area (Å²) in [6.45, 7) is 0.478. The summed E-state index contributed by atoms with van der Waals surface area (Å²) in [5.41, 5.74) is 5.42. The third kappa shape index (κ3) is 6.66. The molecule has 7 nitrogen and oxygen atoms in total. The number of amides is 4. The predicted molar refractivity (Wildman–Crippen MR) is 155 cm³/mol. The number of nitrogens with zero attached hydrogens (tertiary/aromatic N) is 1. The van der Waals surface area contributed by atoms with Crippen molar-refractivity contribution in [2.45, 2.75) is 18.3 Å². The van der Waals surface area contributed by atoms with Gasteiger partial charge in [-0.25, -0.2) is 4.79 Å². The number of carbonyl (C=O) groups excluding carboxylic acids is 3. The zero-order valence-corrected chi connectivity index (χ0v) is 22.1. The Bertz CT molecular complexity index is 1470. The van der Waals surface area contributed by atoms with E-state index < -0.39 is 5.25 Å². The summed E-state index contributed by atoms with van der Waals surface area (Å²) in [4.78, 5) is 37.8. The largest absolute Gasteiger partial charge is 0.489 e. The minimum Gasteiger partial charge on any atom is -0.489 e. The topological polar surface area (TPSA) is 87.7 Å². The zero-order valence-electron chi connectivity index (χ0n) is 21.3. The Morgan fingerprint density at radius 2 is 1.62 bits per heavy atom. The molecule has 0 bridgehead atoms. The number of anilines is 2. The minimum absolute atomic E-state index is 0.240. The smallest absolute Gasteiger partial charge is 0.326 e. The van der Waals surface area contributed by atoms with Crippen LogP contribution in [0.2, 0.25) is 0 Å². The van der Waals surface area contributed by atoms with Gasteiger partial charge in [0.15, 0.2) is 0 Å². The Morgan fingerprint density at radius 1 is 0.872 bits per heavy atom. The summed E-state index contributed by atoms with van der Waals surface area (Å²) in [6, 6.07) is 32.6. The first kappa shape index (κ1) is 26.1. The van der Waals surface area contributed by atoms with Gasteiger partial charge >= 0.3 is 6.03 Å². The standard InChI is InChI=1S/C31H27N3O4S/c1-34(30(36)32-25-14-16-27(17-15-25)38-20-22-6-3-2-4-7-22)26-9-5-8-24(19-26)23-12-10-21(11-13-23)18-28-29(35)33-31(37)39-28/h2-17,19,28H,18,20H2,1H3,(H,32,36)(H,33,35,37). The predicted octanol–water partition coefficient (Wildman–Crippen LogP) is 6.50. The van der Waals surface area contributed by atoms with E-state index in [1.54, 1.807) is 11.9 Å². The second-order valence-corrected chi connectivity index (χ2v) is 10.3. The van der Waals surface area contributed by atoms with Gasteiger partial charge in [-0.15, -0.1) is 0 Å². The molecule has 1 aliphatic rings. The Balaban J connectivity index is 1.18. The van der Waals surface area contributed by atoms with Crippen LogP contribution in [-0.2, 0) is 17.8 Å². The van der Waals surface area contributed by atoms with Crippen LogP contribution in [0.3, 0.4) is 0 Å². The maximum absolute atomic E-state index is 12.9. The van der Waals surface area contributed by atoms with E-state index in [2.05, 4.69) is 10.6 Å². The van der Waals surface area contributed by atoms with Crippen LogP contribution in [0.5, 0.6) is 5.75 Å². The van der Waals surface area contributed by atoms with Crippen LogP contribution in [0.25, 0.3) is 11.1 Å². The van der Waals surface area contributed by atoms with Gasteiger partial charge in [-0.2, -0.15) is 0 Å². The molecule has 0 saturated carbocycles. The molecule has 4 aromatic carbocycles. The number of benzene rings is 4. The molecule has 0 aromatic heterocycles. The van der Waals surface area contributed by atoms with Crippen LogP contribution in [0.15, 0.2) is 103 Å². The lowest BCUT2D eigenvalue weighted by atomic mass is 10.0. The number of rotatable bonds is 8. The van der Waals surface area contributed by atoms with E-state index in [9.17, 15) is 14.4 Å². The Kier molecular flexibility index (Phi) is 7.94. The first-order chi connectivity index (χ1) is 18.9. The second-order valence-electron chi connectivity index (χ2n) is 9.12. The number of urea groups is 1. The molecule has 0 aliphatic carbocycles. The molecule has 4 aromatic rings. The molecule has 0 radical (unpaired) electrons. The lowest BCUT2D eigenvalue weighted by molar-refractivity contribution is -0.118. The molecule has 1 atom stereocenters. The highest BCUT2D eigenvalue weighted by atomic mass is 32.2. The van der Waals surface area contributed by atoms with Crippen LogP contribution in [-0.4, -0.2) is 29.5 Å². The fourth-order valence-corrected chi connectivity index (χ4v) is 5.03. The first-order valence-corrected chi connectivity index (χ1v) is 13.3. The maximum Gasteiger partial charge on any atom is 0.326 e. The molecule has 1 unspecified atom stereocenters. The average molecular weight is 538 g/mol. The fraction of sp³-hybridized carbons (Fsp3) is 0.129. The molecule has 1 saturated heterocycles. The summed E-state index contributed by atoms with van der Waals surface area (Å²) < 4.78 is 5.82. The van der Waals surface area contributed by atoms with Crippen molar-refractivity contribution in [2.75, 3.05) is 17.3 Å². The highest BCUT2D eigenvalue weighted by Gasteiger charge is 2.31. The monoisotopic (exact) mass is 537 g/mol. The van der Waals surface area contributed by atoms with Gasteiger partial charge in [0.1, 0.15) is 12.4 Å². The van der Waals surface area contributed by atoms with Crippen LogP contribution in [0, 0.1) is 0 Å². The van der Waals surface area contributed by atoms with Crippen molar-refractivity contribution >= 4 is 40.3 Å². The van der Waals surface area contributed by atoms with Crippen LogP contribution in [0.1, 0.15) is 11.1 Å². The van der Waals surface area contributed by atoms with Crippen molar-refractivity contribution in [1.82, 2.24) is 5.32 Å². The summed E-state index contributed by atoms with van der Waals surface area (Å²) in [6.07, 6.45) is 0.492. The molecule has 0 spiro atoms. The lowest BCUT2D eigenvalue weighted by Gasteiger charge is -2.19. The van der Waals surface area contributed by atoms with E-state index in [-0.39, 0.29) is 17.2 Å². The van der Waals surface area contributed by atoms with Crippen molar-refractivity contribution in [2.24, 2.45) is 0 Å². The van der Waals surface area contributed by atoms with Gasteiger partial charge in [0.25, 0.3) is 5.24 Å². The summed E-state index contributed by atoms with van der Waals surface area (Å²) in [5.74, 6) is 0.484. The average Bonchev–Trinajstić information content (AvgIpc) is 3.29. The normalized spacial score (nSPS) is 14.5. The summed E-state index contributed by atoms with van der Waals surface area (Å²) >= 11 is 1.03. The second kappa shape index (κ2) is 11.9. The highest BCUT2D eigenvalue weighted by molar-refractivity contribution is 8.15. The molecule has 1 aliphatic heterocycles. The molecule has 1 heterocycles. The summed E-state index contributed by atoms with van der Waals surface area (Å²) in [7, 11) is 1.72. The number of carbonyl (C=O) groups is 3. The van der Waals surface area contributed by atoms with Gasteiger partial charge < -0.3 is 10.1 Å². The minimum atomic E-state index is -0.392. The maximum atomic E-state index is 12.9. The van der Waals surface area contributed by atoms with E-state index in [1.807, 2.05) is 103 Å². The Morgan fingerprint density at radius 3 is 2.31 bits per heavy atom. The molecule has 196 valence electrons. The summed E-state index contributed by atoms with van der Waals surface area (Å²) in [5, 5.41) is 4.56. The van der Waals surface area contributed by atoms with Gasteiger partial charge in [0.2, 0.25) is 5.91 Å². The van der Waals surface area contributed by atoms with Crippen LogP contribution in [0.4, 0.5) is 21.0 Å². The molecule has 8 heteroatoms. The quantitative estimate of drug-likeness (QED) is 0.268. The molecule has 5 rings (SSSR count). The Labute approximate surface area is 231 Å². The number of thioether (sulfide) groups is 1. The van der Waals surface area contributed by atoms with Gasteiger partial charge in [0.05, 0.1) is 5.25 Å². The molecular formula is C31H27N3O4S. The van der Waals surface area contributed by atoms with E-state index in [0.29, 0.717) is 18.7 Å². The number of ether oxygens (including phenoxy) is 1. The van der Waals surface area contributed by atoms with E-state index >= 15 is 0 Å². The van der Waals surface area contributed by atoms with E-state index in [0.717, 1.165) is 45.5 Å². The zero-order chi connectivity index (χ0) is 27.2. The van der Waals surface area contributed by atoms with Gasteiger partial charge in [-0.3, -0.25) is 19.8 Å². The van der Waals surface area contributed by atoms with E-state index in [1.165, 1.54) is 0 Å². The van der Waals surface area contributed by atoms with Crippen molar-refractivity contribution in [3.8, 4) is 16.9 Å². The number of imide groups is 1. The number of nitrogens with one attached hydrogen (secondary N) is 2. The van der Waals surface area contributed by atoms with Crippen molar-refractivity contribution in [3.63, 3.8) is 0 Å². The van der Waals surface area contributed by atoms with Crippen molar-refractivity contribution < 1.29 is 19.1 Å². The first-order valence-electron chi connectivity index (χ1n) is 12.5. The highest BCUT2D eigenvalue weighted by Crippen LogP contribution is 2.27. The van der Waals surface area contributed by atoms with E-state index in [4.69, 9.17) is 4.74 Å². The third-order valence-corrected chi connectivity index (χ3v) is 7.35. The fourth-order valence-electron chi connectivity index (χ4n) is 4.17. The Hall–Kier alpha value is -4.56. The SMILES string of the molecule is CN(C(=O)Nc1ccc(OCc2ccccc2)cc1)c1cccc(-c2ccc(CC3SC(=O)NC3=O)cc2)c1. The van der Waals surface area contributed by atoms with Gasteiger partial charge in [-0.05, 0) is 65.1 Å². The van der Waals surface area contributed by atoms with Crippen molar-refractivity contribution in [3.05, 3.63) is 114 Å². The van der Waals surface area contributed by atoms with Gasteiger partial charge in [-0.1, -0.05) is 78.5 Å². The number of hydrogen-bond acceptors (Lipinski definition) is 5. The molecule has 2 N–H and O–H groups in total. The van der Waals surface area contributed by atoms with Crippen molar-refractivity contribution in [1.29, 1.82) is 0 Å². The lowest BCUT2D eigenvalue weighted by Crippen LogP contribution is -2.31. The van der Waals surface area contributed by atoms with Gasteiger partial charge in [0, 0.05) is 18.4 Å².